The molecule has 1 atom stereocenters. The molecule has 0 saturated carbocycles. The molecule has 1 aromatic heterocycles. The summed E-state index contributed by atoms with van der Waals surface area (Å²) in [6.45, 7) is 7.13. The fourth-order valence-corrected chi connectivity index (χ4v) is 4.61. The lowest BCUT2D eigenvalue weighted by molar-refractivity contribution is -0.133. The van der Waals surface area contributed by atoms with E-state index in [2.05, 4.69) is 10.3 Å². The molecular formula is C28H33N5O3. The van der Waals surface area contributed by atoms with Crippen LogP contribution in [0, 0.1) is 6.92 Å². The number of amides is 3. The highest BCUT2D eigenvalue weighted by Gasteiger charge is 2.48. The quantitative estimate of drug-likeness (QED) is 0.528. The Kier molecular flexibility index (Phi) is 7.24. The third-order valence-corrected chi connectivity index (χ3v) is 6.68. The number of aromatic nitrogens is 2. The van der Waals surface area contributed by atoms with E-state index in [4.69, 9.17) is 0 Å². The van der Waals surface area contributed by atoms with Gasteiger partial charge in [0.25, 0.3) is 11.8 Å². The minimum absolute atomic E-state index is 0.113. The van der Waals surface area contributed by atoms with Crippen molar-refractivity contribution >= 4 is 17.7 Å². The van der Waals surface area contributed by atoms with Crippen LogP contribution < -0.4 is 5.32 Å². The van der Waals surface area contributed by atoms with Crippen LogP contribution in [0.5, 0.6) is 0 Å². The highest BCUT2D eigenvalue weighted by Crippen LogP contribution is 2.29. The van der Waals surface area contributed by atoms with Crippen LogP contribution in [-0.4, -0.2) is 56.2 Å². The van der Waals surface area contributed by atoms with Crippen LogP contribution in [0.25, 0.3) is 0 Å². The molecule has 3 amide bonds. The first kappa shape index (κ1) is 25.2. The maximum Gasteiger partial charge on any atom is 0.274 e. The van der Waals surface area contributed by atoms with E-state index in [1.54, 1.807) is 28.3 Å². The minimum atomic E-state index is -1.11. The maximum atomic E-state index is 13.7. The largest absolute Gasteiger partial charge is 0.350 e. The van der Waals surface area contributed by atoms with E-state index in [9.17, 15) is 14.4 Å². The Bertz CT molecular complexity index is 1250. The highest BCUT2D eigenvalue weighted by atomic mass is 16.2. The first-order valence-electron chi connectivity index (χ1n) is 12.2. The van der Waals surface area contributed by atoms with E-state index in [0.717, 1.165) is 16.7 Å². The highest BCUT2D eigenvalue weighted by molar-refractivity contribution is 6.07. The van der Waals surface area contributed by atoms with Crippen LogP contribution in [0.4, 0.5) is 0 Å². The molecule has 0 saturated heterocycles. The van der Waals surface area contributed by atoms with Gasteiger partial charge in [-0.25, -0.2) is 4.98 Å². The molecule has 8 heteroatoms. The fourth-order valence-electron chi connectivity index (χ4n) is 4.61. The van der Waals surface area contributed by atoms with Gasteiger partial charge in [-0.1, -0.05) is 67.1 Å². The van der Waals surface area contributed by atoms with Crippen molar-refractivity contribution in [2.45, 2.75) is 52.4 Å². The zero-order valence-corrected chi connectivity index (χ0v) is 21.3. The van der Waals surface area contributed by atoms with Gasteiger partial charge in [0.1, 0.15) is 11.2 Å². The second kappa shape index (κ2) is 10.4. The number of aryl methyl sites for hydroxylation is 1. The molecule has 1 aliphatic rings. The Morgan fingerprint density at radius 3 is 2.44 bits per heavy atom. The van der Waals surface area contributed by atoms with Gasteiger partial charge in [0.15, 0.2) is 5.69 Å². The summed E-state index contributed by atoms with van der Waals surface area (Å²) in [6, 6.07) is 17.6. The third-order valence-electron chi connectivity index (χ3n) is 6.68. The number of benzene rings is 2. The molecule has 0 spiro atoms. The Morgan fingerprint density at radius 1 is 1.08 bits per heavy atom. The third kappa shape index (κ3) is 4.89. The number of hydrogen-bond acceptors (Lipinski definition) is 4. The van der Waals surface area contributed by atoms with E-state index in [-0.39, 0.29) is 35.7 Å². The van der Waals surface area contributed by atoms with Crippen molar-refractivity contribution in [2.75, 3.05) is 13.6 Å². The van der Waals surface area contributed by atoms with Gasteiger partial charge in [-0.05, 0) is 31.4 Å². The van der Waals surface area contributed by atoms with Crippen molar-refractivity contribution in [3.05, 3.63) is 89.0 Å². The lowest BCUT2D eigenvalue weighted by Crippen LogP contribution is -2.64. The van der Waals surface area contributed by atoms with Crippen molar-refractivity contribution < 1.29 is 14.4 Å². The average molecular weight is 488 g/mol. The standard InChI is InChI=1S/C28H33N5O3/c1-5-15-33-26(35)24-23(25(34)31(4)17-22-9-7-6-8-10-22)30-19-32(24)18-28(33,3)27(36)29-16-21-13-11-20(2)12-14-21/h6-14,19H,5,15-18H2,1-4H3,(H,29,36). The first-order chi connectivity index (χ1) is 17.2. The van der Waals surface area contributed by atoms with Gasteiger partial charge in [-0.2, -0.15) is 0 Å². The molecule has 4 rings (SSSR count). The number of imidazole rings is 1. The summed E-state index contributed by atoms with van der Waals surface area (Å²) in [5.41, 5.74) is 2.36. The Hall–Kier alpha value is -3.94. The zero-order chi connectivity index (χ0) is 25.9. The van der Waals surface area contributed by atoms with Gasteiger partial charge in [0, 0.05) is 26.7 Å². The SMILES string of the molecule is CCCN1C(=O)c2c(C(=O)N(C)Cc3ccccc3)ncn2CC1(C)C(=O)NCc1ccc(C)cc1. The molecule has 0 fully saturated rings. The summed E-state index contributed by atoms with van der Waals surface area (Å²) in [5.74, 6) is -0.923. The lowest BCUT2D eigenvalue weighted by Gasteiger charge is -2.43. The van der Waals surface area contributed by atoms with Gasteiger partial charge < -0.3 is 19.7 Å². The van der Waals surface area contributed by atoms with Crippen molar-refractivity contribution in [2.24, 2.45) is 0 Å². The molecule has 1 unspecified atom stereocenters. The topological polar surface area (TPSA) is 87.5 Å². The van der Waals surface area contributed by atoms with Gasteiger partial charge in [-0.3, -0.25) is 14.4 Å². The number of rotatable bonds is 8. The summed E-state index contributed by atoms with van der Waals surface area (Å²) in [5, 5.41) is 3.00. The predicted octanol–water partition coefficient (Wildman–Crippen LogP) is 3.40. The zero-order valence-electron chi connectivity index (χ0n) is 21.3. The molecule has 2 heterocycles. The van der Waals surface area contributed by atoms with Gasteiger partial charge in [0.2, 0.25) is 5.91 Å². The molecule has 1 N–H and O–H groups in total. The second-order valence-corrected chi connectivity index (χ2v) is 9.62. The Labute approximate surface area is 211 Å². The van der Waals surface area contributed by atoms with Crippen LogP contribution in [0.1, 0.15) is 57.9 Å². The summed E-state index contributed by atoms with van der Waals surface area (Å²) in [7, 11) is 1.70. The Balaban J connectivity index is 1.57. The van der Waals surface area contributed by atoms with Crippen LogP contribution >= 0.6 is 0 Å². The van der Waals surface area contributed by atoms with Crippen LogP contribution in [0.3, 0.4) is 0 Å². The van der Waals surface area contributed by atoms with Crippen molar-refractivity contribution in [3.8, 4) is 0 Å². The monoisotopic (exact) mass is 487 g/mol. The van der Waals surface area contributed by atoms with Crippen LogP contribution in [0.2, 0.25) is 0 Å². The summed E-state index contributed by atoms with van der Waals surface area (Å²) >= 11 is 0. The van der Waals surface area contributed by atoms with E-state index in [1.165, 1.54) is 6.33 Å². The number of hydrogen-bond donors (Lipinski definition) is 1. The van der Waals surface area contributed by atoms with Gasteiger partial charge in [0.05, 0.1) is 12.9 Å². The molecule has 8 nitrogen and oxygen atoms in total. The number of carbonyl (C=O) groups is 3. The van der Waals surface area contributed by atoms with E-state index >= 15 is 0 Å². The molecule has 0 bridgehead atoms. The average Bonchev–Trinajstić information content (AvgIpc) is 3.29. The Morgan fingerprint density at radius 2 is 1.78 bits per heavy atom. The number of fused-ring (bicyclic) bond motifs is 1. The van der Waals surface area contributed by atoms with Crippen molar-refractivity contribution in [1.82, 2.24) is 24.7 Å². The molecule has 36 heavy (non-hydrogen) atoms. The summed E-state index contributed by atoms with van der Waals surface area (Å²) in [6.07, 6.45) is 2.17. The van der Waals surface area contributed by atoms with Gasteiger partial charge >= 0.3 is 0 Å². The molecular weight excluding hydrogens is 454 g/mol. The van der Waals surface area contributed by atoms with Gasteiger partial charge in [-0.15, -0.1) is 0 Å². The molecule has 0 radical (unpaired) electrons. The molecule has 2 aromatic carbocycles. The van der Waals surface area contributed by atoms with E-state index in [0.29, 0.717) is 26.1 Å². The lowest BCUT2D eigenvalue weighted by atomic mass is 9.93. The first-order valence-corrected chi connectivity index (χ1v) is 12.2. The summed E-state index contributed by atoms with van der Waals surface area (Å²) in [4.78, 5) is 47.9. The fraction of sp³-hybridized carbons (Fsp3) is 0.357. The smallest absolute Gasteiger partial charge is 0.274 e. The van der Waals surface area contributed by atoms with Crippen LogP contribution in [-0.2, 0) is 24.4 Å². The molecule has 1 aliphatic heterocycles. The number of nitrogens with one attached hydrogen (secondary N) is 1. The second-order valence-electron chi connectivity index (χ2n) is 9.62. The van der Waals surface area contributed by atoms with E-state index < -0.39 is 5.54 Å². The number of carbonyl (C=O) groups excluding carboxylic acids is 3. The maximum absolute atomic E-state index is 13.7. The predicted molar refractivity (Wildman–Crippen MR) is 137 cm³/mol. The normalized spacial score (nSPS) is 17.0. The van der Waals surface area contributed by atoms with Crippen LogP contribution in [0.15, 0.2) is 60.9 Å². The molecule has 188 valence electrons. The van der Waals surface area contributed by atoms with Crippen molar-refractivity contribution in [1.29, 1.82) is 0 Å². The van der Waals surface area contributed by atoms with E-state index in [1.807, 2.05) is 68.4 Å². The molecule has 3 aromatic rings. The van der Waals surface area contributed by atoms with Crippen molar-refractivity contribution in [3.63, 3.8) is 0 Å². The minimum Gasteiger partial charge on any atom is -0.350 e. The molecule has 0 aliphatic carbocycles. The summed E-state index contributed by atoms with van der Waals surface area (Å²) < 4.78 is 1.64. The number of nitrogens with zero attached hydrogens (tertiary/aromatic N) is 4.